The summed E-state index contributed by atoms with van der Waals surface area (Å²) in [5.41, 5.74) is 0. The molecule has 0 N–H and O–H groups in total. The van der Waals surface area contributed by atoms with E-state index in [1.165, 1.54) is 11.3 Å². The van der Waals surface area contributed by atoms with E-state index in [0.29, 0.717) is 17.3 Å². The summed E-state index contributed by atoms with van der Waals surface area (Å²) in [5, 5.41) is 0. The molecule has 0 radical (unpaired) electrons. The number of piperazine rings is 1. The maximum atomic E-state index is 12.4. The van der Waals surface area contributed by atoms with Gasteiger partial charge < -0.3 is 4.90 Å². The van der Waals surface area contributed by atoms with E-state index in [2.05, 4.69) is 43.7 Å². The first-order valence-electron chi connectivity index (χ1n) is 5.62. The van der Waals surface area contributed by atoms with Gasteiger partial charge in [-0.25, -0.2) is 8.42 Å². The van der Waals surface area contributed by atoms with Crippen LogP contribution in [-0.4, -0.2) is 50.3 Å². The van der Waals surface area contributed by atoms with Crippen molar-refractivity contribution in [1.29, 1.82) is 0 Å². The second kappa shape index (κ2) is 5.88. The largest absolute Gasteiger partial charge is 0.301 e. The van der Waals surface area contributed by atoms with Gasteiger partial charge in [0.2, 0.25) is 0 Å². The minimum absolute atomic E-state index is 0.395. The molecule has 1 aromatic heterocycles. The zero-order valence-electron chi connectivity index (χ0n) is 9.90. The van der Waals surface area contributed by atoms with Gasteiger partial charge in [0.1, 0.15) is 4.21 Å². The van der Waals surface area contributed by atoms with Gasteiger partial charge in [0.15, 0.2) is 0 Å². The predicted molar refractivity (Wildman–Crippen MR) is 80.6 cm³/mol. The van der Waals surface area contributed by atoms with Crippen LogP contribution in [0.2, 0.25) is 0 Å². The lowest BCUT2D eigenvalue weighted by Crippen LogP contribution is -2.48. The van der Waals surface area contributed by atoms with Crippen molar-refractivity contribution < 1.29 is 8.42 Å². The number of nitrogens with zero attached hydrogens (tertiary/aromatic N) is 2. The maximum absolute atomic E-state index is 12.4. The van der Waals surface area contributed by atoms with E-state index in [1.54, 1.807) is 10.4 Å². The smallest absolute Gasteiger partial charge is 0.252 e. The van der Waals surface area contributed by atoms with E-state index in [0.717, 1.165) is 27.9 Å². The molecule has 0 aromatic carbocycles. The van der Waals surface area contributed by atoms with Crippen LogP contribution >= 0.6 is 43.2 Å². The third-order valence-electron chi connectivity index (χ3n) is 3.00. The van der Waals surface area contributed by atoms with Crippen molar-refractivity contribution in [1.82, 2.24) is 9.21 Å². The van der Waals surface area contributed by atoms with Gasteiger partial charge in [-0.15, -0.1) is 11.3 Å². The molecule has 1 aliphatic rings. The van der Waals surface area contributed by atoms with Crippen molar-refractivity contribution in [3.05, 3.63) is 14.3 Å². The molecule has 0 unspecified atom stereocenters. The molecule has 2 rings (SSSR count). The minimum Gasteiger partial charge on any atom is -0.301 e. The molecule has 18 heavy (non-hydrogen) atoms. The molecule has 1 aromatic rings. The third kappa shape index (κ3) is 2.99. The Morgan fingerprint density at radius 2 is 1.89 bits per heavy atom. The van der Waals surface area contributed by atoms with Crippen LogP contribution in [0.1, 0.15) is 6.92 Å². The fraction of sp³-hybridized carbons (Fsp3) is 0.600. The SMILES string of the molecule is CCN1CCN(S(=O)(=O)c2cc(Br)c(Br)s2)CC1. The lowest BCUT2D eigenvalue weighted by Gasteiger charge is -2.32. The number of likely N-dealkylation sites (N-methyl/N-ethyl adjacent to an activating group) is 1. The molecular weight excluding hydrogens is 404 g/mol. The van der Waals surface area contributed by atoms with Crippen LogP contribution in [-0.2, 0) is 10.0 Å². The summed E-state index contributed by atoms with van der Waals surface area (Å²) < 4.78 is 28.4. The van der Waals surface area contributed by atoms with Gasteiger partial charge in [0.05, 0.1) is 3.79 Å². The zero-order chi connectivity index (χ0) is 13.3. The lowest BCUT2D eigenvalue weighted by atomic mass is 10.4. The van der Waals surface area contributed by atoms with Crippen LogP contribution in [0.15, 0.2) is 18.5 Å². The number of halogens is 2. The van der Waals surface area contributed by atoms with Crippen LogP contribution in [0.25, 0.3) is 0 Å². The molecule has 1 saturated heterocycles. The van der Waals surface area contributed by atoms with Crippen molar-refractivity contribution in [2.45, 2.75) is 11.1 Å². The summed E-state index contributed by atoms with van der Waals surface area (Å²) in [4.78, 5) is 2.26. The Labute approximate surface area is 128 Å². The highest BCUT2D eigenvalue weighted by atomic mass is 79.9. The van der Waals surface area contributed by atoms with Crippen molar-refractivity contribution >= 4 is 53.2 Å². The molecule has 4 nitrogen and oxygen atoms in total. The third-order valence-corrected chi connectivity index (χ3v) is 8.60. The van der Waals surface area contributed by atoms with Crippen LogP contribution in [0.4, 0.5) is 0 Å². The Bertz CT molecular complexity index is 502. The van der Waals surface area contributed by atoms with Gasteiger partial charge in [-0.1, -0.05) is 6.92 Å². The zero-order valence-corrected chi connectivity index (χ0v) is 14.7. The van der Waals surface area contributed by atoms with E-state index in [-0.39, 0.29) is 0 Å². The lowest BCUT2D eigenvalue weighted by molar-refractivity contribution is 0.196. The van der Waals surface area contributed by atoms with Crippen molar-refractivity contribution in [2.75, 3.05) is 32.7 Å². The molecule has 0 atom stereocenters. The topological polar surface area (TPSA) is 40.6 Å². The standard InChI is InChI=1S/C10H14Br2N2O2S2/c1-2-13-3-5-14(6-4-13)18(15,16)9-7-8(11)10(12)17-9/h7H,2-6H2,1H3. The predicted octanol–water partition coefficient (Wildman–Crippen LogP) is 2.60. The second-order valence-corrected chi connectivity index (χ2v) is 9.41. The van der Waals surface area contributed by atoms with Gasteiger partial charge in [0, 0.05) is 30.7 Å². The Morgan fingerprint density at radius 3 is 2.33 bits per heavy atom. The average Bonchev–Trinajstić information content (AvgIpc) is 2.70. The first-order valence-corrected chi connectivity index (χ1v) is 9.46. The Morgan fingerprint density at radius 1 is 1.28 bits per heavy atom. The Kier molecular flexibility index (Phi) is 4.88. The fourth-order valence-electron chi connectivity index (χ4n) is 1.87. The first kappa shape index (κ1) is 14.9. The van der Waals surface area contributed by atoms with Gasteiger partial charge in [-0.3, -0.25) is 0 Å². The fourth-order valence-corrected chi connectivity index (χ4v) is 6.26. The highest BCUT2D eigenvalue weighted by Gasteiger charge is 2.29. The van der Waals surface area contributed by atoms with Crippen LogP contribution in [0.3, 0.4) is 0 Å². The number of hydrogen-bond acceptors (Lipinski definition) is 4. The molecule has 1 aliphatic heterocycles. The molecule has 102 valence electrons. The highest BCUT2D eigenvalue weighted by Crippen LogP contribution is 2.36. The molecule has 0 saturated carbocycles. The molecule has 1 fully saturated rings. The van der Waals surface area contributed by atoms with Gasteiger partial charge in [-0.2, -0.15) is 4.31 Å². The molecule has 2 heterocycles. The van der Waals surface area contributed by atoms with E-state index >= 15 is 0 Å². The maximum Gasteiger partial charge on any atom is 0.252 e. The quantitative estimate of drug-likeness (QED) is 0.758. The van der Waals surface area contributed by atoms with Crippen molar-refractivity contribution in [2.24, 2.45) is 0 Å². The first-order chi connectivity index (χ1) is 8.45. The molecule has 0 aliphatic carbocycles. The highest BCUT2D eigenvalue weighted by molar-refractivity contribution is 9.13. The monoisotopic (exact) mass is 416 g/mol. The molecule has 0 spiro atoms. The van der Waals surface area contributed by atoms with Gasteiger partial charge >= 0.3 is 0 Å². The summed E-state index contributed by atoms with van der Waals surface area (Å²) in [6, 6.07) is 1.66. The molecule has 8 heteroatoms. The average molecular weight is 418 g/mol. The van der Waals surface area contributed by atoms with Gasteiger partial charge in [0.25, 0.3) is 10.0 Å². The summed E-state index contributed by atoms with van der Waals surface area (Å²) >= 11 is 7.91. The molecule has 0 amide bonds. The summed E-state index contributed by atoms with van der Waals surface area (Å²) in [7, 11) is -3.33. The van der Waals surface area contributed by atoms with Gasteiger partial charge in [-0.05, 0) is 44.5 Å². The molecular formula is C10H14Br2N2O2S2. The summed E-state index contributed by atoms with van der Waals surface area (Å²) in [6.07, 6.45) is 0. The normalized spacial score (nSPS) is 19.3. The number of rotatable bonds is 3. The van der Waals surface area contributed by atoms with E-state index in [4.69, 9.17) is 0 Å². The minimum atomic E-state index is -3.33. The van der Waals surface area contributed by atoms with Crippen LogP contribution in [0.5, 0.6) is 0 Å². The van der Waals surface area contributed by atoms with Crippen LogP contribution < -0.4 is 0 Å². The van der Waals surface area contributed by atoms with E-state index < -0.39 is 10.0 Å². The van der Waals surface area contributed by atoms with Crippen molar-refractivity contribution in [3.8, 4) is 0 Å². The Hall–Kier alpha value is 0.530. The second-order valence-electron chi connectivity index (χ2n) is 4.03. The Balaban J connectivity index is 2.17. The van der Waals surface area contributed by atoms with E-state index in [9.17, 15) is 8.42 Å². The summed E-state index contributed by atoms with van der Waals surface area (Å²) in [6.45, 7) is 5.83. The summed E-state index contributed by atoms with van der Waals surface area (Å²) in [5.74, 6) is 0. The number of sulfonamides is 1. The number of thiophene rings is 1. The molecule has 0 bridgehead atoms. The number of hydrogen-bond donors (Lipinski definition) is 0. The van der Waals surface area contributed by atoms with Crippen molar-refractivity contribution in [3.63, 3.8) is 0 Å². The van der Waals surface area contributed by atoms with E-state index in [1.807, 2.05) is 0 Å². The van der Waals surface area contributed by atoms with Crippen LogP contribution in [0, 0.1) is 0 Å².